The van der Waals surface area contributed by atoms with Crippen LogP contribution in [0, 0.1) is 11.8 Å². The molecule has 0 aromatic heterocycles. The number of Topliss-reactive ketones (excluding diaryl/α,β-unsaturated/α-hetero) is 2. The molecule has 2 aromatic carbocycles. The number of hydrogen-bond donors (Lipinski definition) is 6. The third kappa shape index (κ3) is 4.26. The van der Waals surface area contributed by atoms with Crippen LogP contribution in [-0.2, 0) is 30.3 Å². The third-order valence-corrected chi connectivity index (χ3v) is 8.36. The number of aliphatic hydroxyl groups excluding tert-OH is 2. The maximum Gasteiger partial charge on any atom is 0.255 e. The summed E-state index contributed by atoms with van der Waals surface area (Å²) in [5.74, 6) is -7.33. The van der Waals surface area contributed by atoms with Crippen LogP contribution in [0.1, 0.15) is 17.5 Å². The molecule has 12 heteroatoms. The van der Waals surface area contributed by atoms with E-state index in [9.17, 15) is 39.6 Å². The molecule has 0 spiro atoms. The quantitative estimate of drug-likeness (QED) is 0.271. The number of rotatable bonds is 6. The van der Waals surface area contributed by atoms with Gasteiger partial charge in [-0.3, -0.25) is 24.1 Å². The Morgan fingerprint density at radius 2 is 1.76 bits per heavy atom. The van der Waals surface area contributed by atoms with Crippen molar-refractivity contribution in [3.05, 3.63) is 64.4 Å². The molecule has 4 atom stereocenters. The van der Waals surface area contributed by atoms with E-state index in [0.717, 1.165) is 0 Å². The molecule has 220 valence electrons. The first-order valence-electron chi connectivity index (χ1n) is 13.2. The molecule has 3 aliphatic rings. The molecule has 0 saturated heterocycles. The highest BCUT2D eigenvalue weighted by Crippen LogP contribution is 2.53. The monoisotopic (exact) mass is 577 g/mol. The van der Waals surface area contributed by atoms with E-state index in [1.54, 1.807) is 44.4 Å². The SMILES string of the molecule is COCC(=O)Nc1ccc(-c2ccc(O)c3c2C[C@@H]2C[C@@H]4[C@@H](N(C)C)C(=O)C(C(N)=O)=C(O)[C@@]4(O)C(=O)C2=C3O)cc1. The highest BCUT2D eigenvalue weighted by atomic mass is 16.5. The number of amides is 2. The summed E-state index contributed by atoms with van der Waals surface area (Å²) >= 11 is 0. The lowest BCUT2D eigenvalue weighted by Gasteiger charge is -2.50. The second-order valence-electron chi connectivity index (χ2n) is 11.0. The number of carbonyl (C=O) groups is 4. The number of nitrogens with two attached hydrogens (primary N) is 1. The molecule has 1 saturated carbocycles. The summed E-state index contributed by atoms with van der Waals surface area (Å²) in [5.41, 5.74) is 4.02. The van der Waals surface area contributed by atoms with Crippen molar-refractivity contribution in [2.75, 3.05) is 33.1 Å². The van der Waals surface area contributed by atoms with Gasteiger partial charge in [0.2, 0.25) is 11.7 Å². The number of likely N-dealkylation sites (N-methyl/N-ethyl adjacent to an activating group) is 1. The molecule has 7 N–H and O–H groups in total. The highest BCUT2D eigenvalue weighted by molar-refractivity contribution is 6.24. The van der Waals surface area contributed by atoms with Gasteiger partial charge in [-0.05, 0) is 67.7 Å². The zero-order valence-electron chi connectivity index (χ0n) is 23.2. The van der Waals surface area contributed by atoms with E-state index in [1.165, 1.54) is 18.1 Å². The van der Waals surface area contributed by atoms with Crippen LogP contribution in [0.5, 0.6) is 5.75 Å². The number of primary amides is 1. The normalized spacial score (nSPS) is 25.2. The predicted molar refractivity (Wildman–Crippen MR) is 150 cm³/mol. The minimum atomic E-state index is -2.69. The van der Waals surface area contributed by atoms with Crippen molar-refractivity contribution in [2.24, 2.45) is 17.6 Å². The van der Waals surface area contributed by atoms with E-state index >= 15 is 0 Å². The van der Waals surface area contributed by atoms with Crippen molar-refractivity contribution in [3.8, 4) is 16.9 Å². The van der Waals surface area contributed by atoms with Crippen LogP contribution in [0.2, 0.25) is 0 Å². The molecule has 0 radical (unpaired) electrons. The summed E-state index contributed by atoms with van der Waals surface area (Å²) in [6, 6.07) is 8.78. The van der Waals surface area contributed by atoms with Gasteiger partial charge in [-0.25, -0.2) is 0 Å². The van der Waals surface area contributed by atoms with Crippen LogP contribution in [0.15, 0.2) is 53.3 Å². The van der Waals surface area contributed by atoms with Crippen molar-refractivity contribution in [3.63, 3.8) is 0 Å². The van der Waals surface area contributed by atoms with Gasteiger partial charge in [-0.1, -0.05) is 18.2 Å². The van der Waals surface area contributed by atoms with Gasteiger partial charge < -0.3 is 36.2 Å². The van der Waals surface area contributed by atoms with Crippen LogP contribution >= 0.6 is 0 Å². The Morgan fingerprint density at radius 1 is 1.10 bits per heavy atom. The fourth-order valence-electron chi connectivity index (χ4n) is 6.58. The van der Waals surface area contributed by atoms with Gasteiger partial charge in [0.1, 0.15) is 29.4 Å². The van der Waals surface area contributed by atoms with E-state index in [4.69, 9.17) is 10.5 Å². The molecule has 0 bridgehead atoms. The maximum atomic E-state index is 14.0. The lowest BCUT2D eigenvalue weighted by molar-refractivity contribution is -0.153. The molecular weight excluding hydrogens is 546 g/mol. The molecule has 0 aliphatic heterocycles. The number of ketones is 2. The summed E-state index contributed by atoms with van der Waals surface area (Å²) in [6.45, 7) is -0.102. The number of aliphatic hydroxyl groups is 3. The van der Waals surface area contributed by atoms with Gasteiger partial charge in [0.25, 0.3) is 5.91 Å². The number of nitrogens with one attached hydrogen (secondary N) is 1. The van der Waals surface area contributed by atoms with Crippen molar-refractivity contribution >= 4 is 34.8 Å². The summed E-state index contributed by atoms with van der Waals surface area (Å²) in [7, 11) is 4.51. The van der Waals surface area contributed by atoms with E-state index in [-0.39, 0.29) is 42.2 Å². The second kappa shape index (κ2) is 10.4. The van der Waals surface area contributed by atoms with Gasteiger partial charge in [0.15, 0.2) is 11.4 Å². The summed E-state index contributed by atoms with van der Waals surface area (Å²) < 4.78 is 4.83. The van der Waals surface area contributed by atoms with E-state index in [1.807, 2.05) is 0 Å². The Hall–Kier alpha value is -4.52. The van der Waals surface area contributed by atoms with Gasteiger partial charge in [-0.15, -0.1) is 0 Å². The smallest absolute Gasteiger partial charge is 0.255 e. The average Bonchev–Trinajstić information content (AvgIpc) is 2.91. The Balaban J connectivity index is 1.63. The molecule has 0 heterocycles. The average molecular weight is 578 g/mol. The van der Waals surface area contributed by atoms with Gasteiger partial charge in [-0.2, -0.15) is 0 Å². The van der Waals surface area contributed by atoms with Crippen LogP contribution in [0.3, 0.4) is 0 Å². The lowest BCUT2D eigenvalue weighted by Crippen LogP contribution is -2.65. The highest BCUT2D eigenvalue weighted by Gasteiger charge is 2.64. The van der Waals surface area contributed by atoms with Crippen LogP contribution in [-0.4, -0.2) is 88.2 Å². The zero-order chi connectivity index (χ0) is 30.7. The third-order valence-electron chi connectivity index (χ3n) is 8.36. The number of fused-ring (bicyclic) bond motifs is 3. The number of phenolic OH excluding ortho intramolecular Hbond substituents is 1. The Kier molecular flexibility index (Phi) is 7.17. The van der Waals surface area contributed by atoms with Crippen LogP contribution in [0.4, 0.5) is 5.69 Å². The minimum absolute atomic E-state index is 0.00117. The summed E-state index contributed by atoms with van der Waals surface area (Å²) in [4.78, 5) is 52.6. The standard InChI is InChI=1S/C30H31N3O9/c1-33(2)24-18-11-14-10-17-16(13-4-6-15(7-5-13)32-20(35)12-42-3)8-9-19(34)22(17)25(36)21(14)27(38)30(18,41)28(39)23(26(24)37)29(31)40/h4-9,14,18,24,34,36,39,41H,10-12H2,1-3H3,(H2,31,40)(H,32,35)/t14-,18-,24-,30+/m1/s1. The number of hydrogen-bond acceptors (Lipinski definition) is 10. The topological polar surface area (TPSA) is 200 Å². The van der Waals surface area contributed by atoms with Crippen molar-refractivity contribution in [1.29, 1.82) is 0 Å². The number of carbonyl (C=O) groups excluding carboxylic acids is 4. The van der Waals surface area contributed by atoms with Gasteiger partial charge in [0, 0.05) is 24.3 Å². The molecule has 2 aromatic rings. The lowest BCUT2D eigenvalue weighted by atomic mass is 9.57. The fourth-order valence-corrected chi connectivity index (χ4v) is 6.58. The molecule has 2 amide bonds. The summed E-state index contributed by atoms with van der Waals surface area (Å²) in [5, 5.41) is 47.6. The number of nitrogens with zero attached hydrogens (tertiary/aromatic N) is 1. The molecule has 0 unspecified atom stereocenters. The van der Waals surface area contributed by atoms with Crippen LogP contribution in [0.25, 0.3) is 16.9 Å². The van der Waals surface area contributed by atoms with Gasteiger partial charge in [0.05, 0.1) is 11.6 Å². The molecule has 42 heavy (non-hydrogen) atoms. The van der Waals surface area contributed by atoms with Crippen LogP contribution < -0.4 is 11.1 Å². The van der Waals surface area contributed by atoms with Crippen molar-refractivity contribution in [2.45, 2.75) is 24.5 Å². The molecule has 1 fully saturated rings. The van der Waals surface area contributed by atoms with Crippen molar-refractivity contribution < 1.29 is 44.3 Å². The summed E-state index contributed by atoms with van der Waals surface area (Å²) in [6.07, 6.45) is 0.149. The second-order valence-corrected chi connectivity index (χ2v) is 11.0. The molecular formula is C30H31N3O9. The van der Waals surface area contributed by atoms with E-state index < -0.39 is 58.0 Å². The number of anilines is 1. The zero-order valence-corrected chi connectivity index (χ0v) is 23.2. The fraction of sp³-hybridized carbons (Fsp3) is 0.333. The molecule has 12 nitrogen and oxygen atoms in total. The molecule has 3 aliphatic carbocycles. The Morgan fingerprint density at radius 3 is 2.36 bits per heavy atom. The van der Waals surface area contributed by atoms with E-state index in [2.05, 4.69) is 5.32 Å². The first-order chi connectivity index (χ1) is 19.8. The minimum Gasteiger partial charge on any atom is -0.508 e. The number of benzene rings is 2. The Bertz CT molecular complexity index is 1590. The largest absolute Gasteiger partial charge is 0.508 e. The predicted octanol–water partition coefficient (Wildman–Crippen LogP) is 1.22. The number of phenols is 1. The maximum absolute atomic E-state index is 14.0. The Labute approximate surface area is 240 Å². The number of ether oxygens (including phenoxy) is 1. The van der Waals surface area contributed by atoms with Gasteiger partial charge >= 0.3 is 0 Å². The number of methoxy groups -OCH3 is 1. The van der Waals surface area contributed by atoms with E-state index in [0.29, 0.717) is 22.4 Å². The first-order valence-corrected chi connectivity index (χ1v) is 13.2. The molecule has 5 rings (SSSR count). The number of aromatic hydroxyl groups is 1. The van der Waals surface area contributed by atoms with Crippen molar-refractivity contribution in [1.82, 2.24) is 4.90 Å². The first kappa shape index (κ1) is 29.0.